The summed E-state index contributed by atoms with van der Waals surface area (Å²) in [6.07, 6.45) is 16.9. The first-order valence-corrected chi connectivity index (χ1v) is 15.4. The standard InChI is InChI=1S/C40H28N6/c1-2-28(22-30-7-11-32(12-8-30)46-39-15-19-43-25-35(39)36-26-44-20-16-40(36)46)4-3-27(1)21-29-5-9-31(10-6-29)45-37-13-17-41-23-33(37)34-24-42-18-14-38(34)45/h1-20,23-26H,21-22H2. The van der Waals surface area contributed by atoms with Crippen LogP contribution in [0.25, 0.3) is 55.0 Å². The second-order valence-electron chi connectivity index (χ2n) is 11.7. The van der Waals surface area contributed by atoms with Crippen molar-refractivity contribution in [3.63, 3.8) is 0 Å². The largest absolute Gasteiger partial charge is 0.309 e. The molecule has 0 aliphatic carbocycles. The van der Waals surface area contributed by atoms with Crippen molar-refractivity contribution in [2.75, 3.05) is 0 Å². The van der Waals surface area contributed by atoms with Gasteiger partial charge in [0.15, 0.2) is 0 Å². The van der Waals surface area contributed by atoms with Crippen molar-refractivity contribution in [2.24, 2.45) is 0 Å². The van der Waals surface area contributed by atoms with E-state index < -0.39 is 0 Å². The van der Waals surface area contributed by atoms with Crippen molar-refractivity contribution in [3.8, 4) is 11.4 Å². The highest BCUT2D eigenvalue weighted by Crippen LogP contribution is 2.32. The van der Waals surface area contributed by atoms with E-state index in [4.69, 9.17) is 0 Å². The van der Waals surface area contributed by atoms with Crippen LogP contribution in [0.4, 0.5) is 0 Å². The van der Waals surface area contributed by atoms with Gasteiger partial charge < -0.3 is 9.13 Å². The van der Waals surface area contributed by atoms with Gasteiger partial charge in [0.2, 0.25) is 0 Å². The van der Waals surface area contributed by atoms with Gasteiger partial charge in [-0.1, -0.05) is 48.5 Å². The predicted octanol–water partition coefficient (Wildman–Crippen LogP) is 8.64. The van der Waals surface area contributed by atoms with Crippen LogP contribution in [0.1, 0.15) is 22.3 Å². The Kier molecular flexibility index (Phi) is 6.16. The van der Waals surface area contributed by atoms with E-state index in [0.717, 1.165) is 67.8 Å². The average Bonchev–Trinajstić information content (AvgIpc) is 3.63. The number of pyridine rings is 4. The SMILES string of the molecule is c1cc2c(cn1)c1cnccc1n2-c1ccc(Cc2ccc(Cc3ccc(-n4c5ccncc5c5cnccc54)cc3)cc2)cc1. The molecule has 6 heterocycles. The summed E-state index contributed by atoms with van der Waals surface area (Å²) in [5.74, 6) is 0. The van der Waals surface area contributed by atoms with Crippen molar-refractivity contribution >= 4 is 43.6 Å². The molecule has 0 fully saturated rings. The Hall–Kier alpha value is -6.14. The van der Waals surface area contributed by atoms with Gasteiger partial charge in [-0.2, -0.15) is 0 Å². The van der Waals surface area contributed by atoms with Crippen LogP contribution < -0.4 is 0 Å². The Morgan fingerprint density at radius 2 is 0.587 bits per heavy atom. The molecule has 0 aliphatic heterocycles. The van der Waals surface area contributed by atoms with E-state index in [9.17, 15) is 0 Å². The summed E-state index contributed by atoms with van der Waals surface area (Å²) < 4.78 is 4.58. The molecule has 218 valence electrons. The zero-order chi connectivity index (χ0) is 30.5. The Labute approximate surface area is 265 Å². The summed E-state index contributed by atoms with van der Waals surface area (Å²) in [6.45, 7) is 0. The zero-order valence-corrected chi connectivity index (χ0v) is 25.0. The molecule has 0 unspecified atom stereocenters. The van der Waals surface area contributed by atoms with Crippen LogP contribution in [0.15, 0.2) is 147 Å². The highest BCUT2D eigenvalue weighted by molar-refractivity contribution is 6.09. The molecule has 0 aliphatic rings. The van der Waals surface area contributed by atoms with Gasteiger partial charge in [-0.05, 0) is 83.6 Å². The van der Waals surface area contributed by atoms with Gasteiger partial charge in [-0.15, -0.1) is 0 Å². The van der Waals surface area contributed by atoms with Gasteiger partial charge >= 0.3 is 0 Å². The second-order valence-corrected chi connectivity index (χ2v) is 11.7. The van der Waals surface area contributed by atoms with E-state index in [1.807, 2.05) is 49.6 Å². The van der Waals surface area contributed by atoms with E-state index in [2.05, 4.69) is 126 Å². The van der Waals surface area contributed by atoms with E-state index in [1.54, 1.807) is 0 Å². The van der Waals surface area contributed by atoms with Gasteiger partial charge in [0.1, 0.15) is 0 Å². The van der Waals surface area contributed by atoms with Crippen molar-refractivity contribution in [3.05, 3.63) is 169 Å². The number of benzene rings is 3. The third-order valence-electron chi connectivity index (χ3n) is 8.96. The molecule has 6 nitrogen and oxygen atoms in total. The minimum Gasteiger partial charge on any atom is -0.309 e. The number of rotatable bonds is 6. The lowest BCUT2D eigenvalue weighted by Crippen LogP contribution is -1.96. The van der Waals surface area contributed by atoms with E-state index >= 15 is 0 Å². The van der Waals surface area contributed by atoms with Crippen LogP contribution in [0, 0.1) is 0 Å². The molecule has 6 aromatic heterocycles. The van der Waals surface area contributed by atoms with Crippen LogP contribution in [0.5, 0.6) is 0 Å². The molecule has 0 N–H and O–H groups in total. The molecular formula is C40H28N6. The molecule has 0 bridgehead atoms. The molecule has 3 aromatic carbocycles. The number of fused-ring (bicyclic) bond motifs is 6. The summed E-state index contributed by atoms with van der Waals surface area (Å²) >= 11 is 0. The molecule has 46 heavy (non-hydrogen) atoms. The molecule has 0 saturated heterocycles. The Morgan fingerprint density at radius 3 is 0.870 bits per heavy atom. The van der Waals surface area contributed by atoms with Crippen molar-refractivity contribution in [1.82, 2.24) is 29.1 Å². The van der Waals surface area contributed by atoms with Gasteiger partial charge in [-0.25, -0.2) is 0 Å². The second kappa shape index (κ2) is 10.8. The molecule has 0 radical (unpaired) electrons. The molecule has 9 rings (SSSR count). The lowest BCUT2D eigenvalue weighted by molar-refractivity contribution is 1.12. The van der Waals surface area contributed by atoms with Crippen LogP contribution in [0.2, 0.25) is 0 Å². The fraction of sp³-hybridized carbons (Fsp3) is 0.0500. The molecule has 0 saturated carbocycles. The van der Waals surface area contributed by atoms with E-state index in [-0.39, 0.29) is 0 Å². The lowest BCUT2D eigenvalue weighted by Gasteiger charge is -2.10. The van der Waals surface area contributed by atoms with E-state index in [1.165, 1.54) is 22.3 Å². The predicted molar refractivity (Wildman–Crippen MR) is 185 cm³/mol. The maximum atomic E-state index is 4.35. The molecule has 0 amide bonds. The smallest absolute Gasteiger partial charge is 0.0572 e. The quantitative estimate of drug-likeness (QED) is 0.194. The highest BCUT2D eigenvalue weighted by Gasteiger charge is 2.13. The van der Waals surface area contributed by atoms with Crippen molar-refractivity contribution in [2.45, 2.75) is 12.8 Å². The molecule has 0 spiro atoms. The van der Waals surface area contributed by atoms with Crippen molar-refractivity contribution in [1.29, 1.82) is 0 Å². The Bertz CT molecular complexity index is 2220. The first kappa shape index (κ1) is 26.3. The number of aromatic nitrogens is 6. The topological polar surface area (TPSA) is 61.4 Å². The number of nitrogens with zero attached hydrogens (tertiary/aromatic N) is 6. The van der Waals surface area contributed by atoms with Crippen LogP contribution in [-0.4, -0.2) is 29.1 Å². The van der Waals surface area contributed by atoms with Gasteiger partial charge in [0, 0.05) is 82.5 Å². The monoisotopic (exact) mass is 592 g/mol. The third-order valence-corrected chi connectivity index (χ3v) is 8.96. The van der Waals surface area contributed by atoms with Gasteiger partial charge in [-0.3, -0.25) is 19.9 Å². The summed E-state index contributed by atoms with van der Waals surface area (Å²) in [6, 6.07) is 35.1. The zero-order valence-electron chi connectivity index (χ0n) is 25.0. The van der Waals surface area contributed by atoms with Crippen LogP contribution in [-0.2, 0) is 12.8 Å². The summed E-state index contributed by atoms with van der Waals surface area (Å²) in [4.78, 5) is 17.4. The molecule has 0 atom stereocenters. The molecular weight excluding hydrogens is 564 g/mol. The minimum atomic E-state index is 0.889. The molecule has 6 heteroatoms. The molecule has 9 aromatic rings. The fourth-order valence-electron chi connectivity index (χ4n) is 6.75. The van der Waals surface area contributed by atoms with Gasteiger partial charge in [0.05, 0.1) is 22.1 Å². The average molecular weight is 593 g/mol. The summed E-state index contributed by atoms with van der Waals surface area (Å²) in [5, 5.41) is 4.46. The third kappa shape index (κ3) is 4.42. The Balaban J connectivity index is 0.920. The summed E-state index contributed by atoms with van der Waals surface area (Å²) in [5.41, 5.74) is 12.0. The number of hydrogen-bond donors (Lipinski definition) is 0. The van der Waals surface area contributed by atoms with Crippen molar-refractivity contribution < 1.29 is 0 Å². The lowest BCUT2D eigenvalue weighted by atomic mass is 10.00. The minimum absolute atomic E-state index is 0.889. The maximum Gasteiger partial charge on any atom is 0.0572 e. The summed E-state index contributed by atoms with van der Waals surface area (Å²) in [7, 11) is 0. The Morgan fingerprint density at radius 1 is 0.326 bits per heavy atom. The van der Waals surface area contributed by atoms with Gasteiger partial charge in [0.25, 0.3) is 0 Å². The van der Waals surface area contributed by atoms with E-state index in [0.29, 0.717) is 0 Å². The fourth-order valence-corrected chi connectivity index (χ4v) is 6.75. The maximum absolute atomic E-state index is 4.35. The number of hydrogen-bond acceptors (Lipinski definition) is 4. The normalized spacial score (nSPS) is 11.7. The van der Waals surface area contributed by atoms with Crippen LogP contribution >= 0.6 is 0 Å². The first-order valence-electron chi connectivity index (χ1n) is 15.4. The highest BCUT2D eigenvalue weighted by atomic mass is 15.0. The van der Waals surface area contributed by atoms with Crippen LogP contribution in [0.3, 0.4) is 0 Å². The first-order chi connectivity index (χ1) is 22.8.